The van der Waals surface area contributed by atoms with Crippen LogP contribution >= 0.6 is 11.6 Å². The van der Waals surface area contributed by atoms with Gasteiger partial charge in [0.15, 0.2) is 0 Å². The summed E-state index contributed by atoms with van der Waals surface area (Å²) < 4.78 is 0. The van der Waals surface area contributed by atoms with E-state index < -0.39 is 0 Å². The lowest BCUT2D eigenvalue weighted by molar-refractivity contribution is 0.102. The van der Waals surface area contributed by atoms with Crippen molar-refractivity contribution in [1.29, 1.82) is 0 Å². The molecule has 3 nitrogen and oxygen atoms in total. The quantitative estimate of drug-likeness (QED) is 0.717. The van der Waals surface area contributed by atoms with Crippen LogP contribution in [0.25, 0.3) is 10.8 Å². The zero-order valence-corrected chi connectivity index (χ0v) is 12.7. The van der Waals surface area contributed by atoms with E-state index >= 15 is 0 Å². The van der Waals surface area contributed by atoms with Crippen LogP contribution in [0.2, 0.25) is 5.02 Å². The molecule has 0 bridgehead atoms. The van der Waals surface area contributed by atoms with E-state index in [2.05, 4.69) is 5.32 Å². The van der Waals surface area contributed by atoms with E-state index in [1.54, 1.807) is 36.4 Å². The molecule has 0 aromatic heterocycles. The third kappa shape index (κ3) is 2.63. The van der Waals surface area contributed by atoms with Crippen LogP contribution < -0.4 is 5.32 Å². The van der Waals surface area contributed by atoms with Crippen molar-refractivity contribution in [2.24, 2.45) is 0 Å². The molecule has 0 heterocycles. The summed E-state index contributed by atoms with van der Waals surface area (Å²) in [5.41, 5.74) is 1.92. The number of halogens is 1. The van der Waals surface area contributed by atoms with E-state index in [1.807, 2.05) is 25.1 Å². The van der Waals surface area contributed by atoms with E-state index in [1.165, 1.54) is 0 Å². The van der Waals surface area contributed by atoms with Crippen LogP contribution in [0.5, 0.6) is 5.75 Å². The minimum absolute atomic E-state index is 0.222. The first-order valence-electron chi connectivity index (χ1n) is 6.84. The second-order valence-electron chi connectivity index (χ2n) is 5.08. The number of phenols is 1. The number of aryl methyl sites for hydroxylation is 1. The molecule has 0 atom stereocenters. The number of nitrogens with one attached hydrogen (secondary N) is 1. The third-order valence-electron chi connectivity index (χ3n) is 3.64. The maximum atomic E-state index is 12.3. The van der Waals surface area contributed by atoms with Gasteiger partial charge >= 0.3 is 0 Å². The van der Waals surface area contributed by atoms with Crippen molar-refractivity contribution in [3.05, 3.63) is 70.7 Å². The van der Waals surface area contributed by atoms with Crippen molar-refractivity contribution in [3.63, 3.8) is 0 Å². The Morgan fingerprint density at radius 1 is 1.09 bits per heavy atom. The summed E-state index contributed by atoms with van der Waals surface area (Å²) in [4.78, 5) is 12.3. The Morgan fingerprint density at radius 2 is 1.86 bits per heavy atom. The first-order valence-corrected chi connectivity index (χ1v) is 7.22. The molecule has 4 heteroatoms. The van der Waals surface area contributed by atoms with Gasteiger partial charge in [-0.3, -0.25) is 4.79 Å². The van der Waals surface area contributed by atoms with Crippen molar-refractivity contribution in [1.82, 2.24) is 0 Å². The molecule has 0 aliphatic carbocycles. The maximum absolute atomic E-state index is 12.3. The fourth-order valence-electron chi connectivity index (χ4n) is 2.37. The van der Waals surface area contributed by atoms with Crippen LogP contribution in [-0.2, 0) is 0 Å². The average molecular weight is 312 g/mol. The van der Waals surface area contributed by atoms with Crippen LogP contribution in [0.4, 0.5) is 5.69 Å². The number of carbonyl (C=O) groups excluding carboxylic acids is 1. The number of amides is 1. The molecule has 1 amide bonds. The predicted octanol–water partition coefficient (Wildman–Crippen LogP) is 4.76. The molecule has 22 heavy (non-hydrogen) atoms. The number of aromatic hydroxyl groups is 1. The van der Waals surface area contributed by atoms with Gasteiger partial charge in [-0.2, -0.15) is 0 Å². The van der Waals surface area contributed by atoms with Gasteiger partial charge in [-0.25, -0.2) is 0 Å². The minimum atomic E-state index is -0.222. The van der Waals surface area contributed by atoms with Gasteiger partial charge in [0.2, 0.25) is 0 Å². The number of hydrogen-bond donors (Lipinski definition) is 2. The molecule has 0 fully saturated rings. The number of para-hydroxylation sites is 1. The summed E-state index contributed by atoms with van der Waals surface area (Å²) in [6.07, 6.45) is 0. The number of rotatable bonds is 2. The lowest BCUT2D eigenvalue weighted by Gasteiger charge is -2.09. The van der Waals surface area contributed by atoms with E-state index in [4.69, 9.17) is 11.6 Å². The first kappa shape index (κ1) is 14.4. The molecule has 110 valence electrons. The van der Waals surface area contributed by atoms with E-state index in [0.717, 1.165) is 16.3 Å². The number of carbonyl (C=O) groups is 1. The fourth-order valence-corrected chi connectivity index (χ4v) is 2.56. The van der Waals surface area contributed by atoms with Crippen LogP contribution in [-0.4, -0.2) is 11.0 Å². The van der Waals surface area contributed by atoms with Crippen molar-refractivity contribution in [2.45, 2.75) is 6.92 Å². The molecular weight excluding hydrogens is 298 g/mol. The number of hydrogen-bond acceptors (Lipinski definition) is 2. The van der Waals surface area contributed by atoms with Gasteiger partial charge in [-0.15, -0.1) is 0 Å². The Morgan fingerprint density at radius 3 is 2.64 bits per heavy atom. The zero-order chi connectivity index (χ0) is 15.7. The second-order valence-corrected chi connectivity index (χ2v) is 5.49. The highest BCUT2D eigenvalue weighted by Crippen LogP contribution is 2.27. The summed E-state index contributed by atoms with van der Waals surface area (Å²) >= 11 is 6.05. The van der Waals surface area contributed by atoms with Gasteiger partial charge in [0.25, 0.3) is 5.91 Å². The summed E-state index contributed by atoms with van der Waals surface area (Å²) in [6, 6.07) is 15.9. The summed E-state index contributed by atoms with van der Waals surface area (Å²) in [5, 5.41) is 14.9. The van der Waals surface area contributed by atoms with Gasteiger partial charge in [-0.1, -0.05) is 35.9 Å². The zero-order valence-electron chi connectivity index (χ0n) is 11.9. The van der Waals surface area contributed by atoms with Gasteiger partial charge in [0, 0.05) is 5.56 Å². The smallest absolute Gasteiger partial charge is 0.255 e. The van der Waals surface area contributed by atoms with E-state index in [-0.39, 0.29) is 11.7 Å². The fraction of sp³-hybridized carbons (Fsp3) is 0.0556. The molecule has 0 aliphatic heterocycles. The van der Waals surface area contributed by atoms with Crippen LogP contribution in [0.3, 0.4) is 0 Å². The highest BCUT2D eigenvalue weighted by atomic mass is 35.5. The lowest BCUT2D eigenvalue weighted by Crippen LogP contribution is -2.12. The van der Waals surface area contributed by atoms with Gasteiger partial charge in [0.1, 0.15) is 5.75 Å². The maximum Gasteiger partial charge on any atom is 0.255 e. The summed E-state index contributed by atoms with van der Waals surface area (Å²) in [7, 11) is 0. The Hall–Kier alpha value is -2.52. The van der Waals surface area contributed by atoms with Crippen molar-refractivity contribution < 1.29 is 9.90 Å². The van der Waals surface area contributed by atoms with Crippen molar-refractivity contribution in [2.75, 3.05) is 5.32 Å². The predicted molar refractivity (Wildman–Crippen MR) is 89.8 cm³/mol. The molecular formula is C18H14ClNO2. The Labute approximate surface area is 133 Å². The average Bonchev–Trinajstić information content (AvgIpc) is 2.53. The standard InChI is InChI=1S/C18H14ClNO2/c1-11-14-8-6-13(10-12(14)7-9-17(11)21)18(22)20-16-5-3-2-4-15(16)19/h2-10,21H,1H3,(H,20,22). The van der Waals surface area contributed by atoms with Crippen LogP contribution in [0.15, 0.2) is 54.6 Å². The second kappa shape index (κ2) is 5.70. The van der Waals surface area contributed by atoms with Crippen LogP contribution in [0, 0.1) is 6.92 Å². The summed E-state index contributed by atoms with van der Waals surface area (Å²) in [6.45, 7) is 1.85. The Kier molecular flexibility index (Phi) is 3.73. The monoisotopic (exact) mass is 311 g/mol. The molecule has 0 spiro atoms. The number of benzene rings is 3. The molecule has 0 unspecified atom stereocenters. The summed E-state index contributed by atoms with van der Waals surface area (Å²) in [5.74, 6) is 0.0292. The molecule has 3 aromatic carbocycles. The molecule has 0 saturated heterocycles. The molecule has 0 radical (unpaired) electrons. The van der Waals surface area contributed by atoms with Crippen molar-refractivity contribution in [3.8, 4) is 5.75 Å². The first-order chi connectivity index (χ1) is 10.6. The molecule has 0 aliphatic rings. The van der Waals surface area contributed by atoms with Crippen molar-refractivity contribution >= 4 is 34.0 Å². The highest BCUT2D eigenvalue weighted by Gasteiger charge is 2.10. The van der Waals surface area contributed by atoms with Gasteiger partial charge in [-0.05, 0) is 53.6 Å². The topological polar surface area (TPSA) is 49.3 Å². The van der Waals surface area contributed by atoms with E-state index in [9.17, 15) is 9.90 Å². The lowest BCUT2D eigenvalue weighted by atomic mass is 10.0. The van der Waals surface area contributed by atoms with Crippen LogP contribution in [0.1, 0.15) is 15.9 Å². The SMILES string of the molecule is Cc1c(O)ccc2cc(C(=O)Nc3ccccc3Cl)ccc12. The Bertz CT molecular complexity index is 874. The van der Waals surface area contributed by atoms with E-state index in [0.29, 0.717) is 16.3 Å². The normalized spacial score (nSPS) is 10.6. The third-order valence-corrected chi connectivity index (χ3v) is 3.97. The number of phenolic OH excluding ortho intramolecular Hbond substituents is 1. The largest absolute Gasteiger partial charge is 0.508 e. The Balaban J connectivity index is 1.95. The van der Waals surface area contributed by atoms with Gasteiger partial charge in [0.05, 0.1) is 10.7 Å². The molecule has 3 aromatic rings. The molecule has 2 N–H and O–H groups in total. The van der Waals surface area contributed by atoms with Gasteiger partial charge < -0.3 is 10.4 Å². The minimum Gasteiger partial charge on any atom is -0.508 e. The molecule has 0 saturated carbocycles. The number of fused-ring (bicyclic) bond motifs is 1. The number of anilines is 1. The highest BCUT2D eigenvalue weighted by molar-refractivity contribution is 6.33. The molecule has 3 rings (SSSR count).